The van der Waals surface area contributed by atoms with E-state index < -0.39 is 257 Å². The maximum Gasteiger partial charge on any atom is 0.366 e. The minimum Gasteiger partial charge on any atom is -0.465 e. The molecule has 149 heavy (non-hydrogen) atoms. The monoisotopic (exact) mass is 2150 g/mol. The zero-order valence-electron chi connectivity index (χ0n) is 94.7. The van der Waals surface area contributed by atoms with Crippen LogP contribution in [-0.4, -0.2) is 431 Å². The second-order valence-corrected chi connectivity index (χ2v) is 39.7. The first kappa shape index (κ1) is 135. The summed E-state index contributed by atoms with van der Waals surface area (Å²) >= 11 is 0. The summed E-state index contributed by atoms with van der Waals surface area (Å²) in [5.74, 6) is -14.2. The Kier molecular flexibility index (Phi) is 67.2. The SMILES string of the molecule is CCCCCCCCCCCCCCCCCCCCCC[C@@H](OC)C(=O)N[C@@H](CO[C@@H]1O[C@H](CO[C@]2(C(=O)OC)C[C@H](O[C@]3(C(=O)OC)C[C@H](O)[C@@H](NC(=O)CO[C@]4(C(=O)OC)C[C@H](O[C@@H]5OC[C@@H](OC)[C@@H](OC)[C@@H]5OC)[C@@H](NC(C)=O)[C@H]([C@H](OC)[C@@H](COC)OC)O4)[C@H]([C@H](OC)[C@@H](COC)OC)O3)[C@@H](NC(C)=O)[C@H]([C@H](OC)[C@@H](COC)OC)O2)[C@@H](OC)[C@H](OC)[C@H]1OC)[C@H](OC)[C@@H](CCCCCCCCCC(C)CC)OC. The van der Waals surface area contributed by atoms with Crippen LogP contribution in [0.2, 0.25) is 0 Å². The van der Waals surface area contributed by atoms with Crippen LogP contribution in [0.25, 0.3) is 0 Å². The van der Waals surface area contributed by atoms with Gasteiger partial charge in [0.25, 0.3) is 17.4 Å². The van der Waals surface area contributed by atoms with Crippen molar-refractivity contribution in [1.29, 1.82) is 0 Å². The van der Waals surface area contributed by atoms with E-state index in [-0.39, 0.29) is 38.9 Å². The summed E-state index contributed by atoms with van der Waals surface area (Å²) < 4.78 is 193. The van der Waals surface area contributed by atoms with Gasteiger partial charge in [-0.2, -0.15) is 0 Å². The smallest absolute Gasteiger partial charge is 0.366 e. The summed E-state index contributed by atoms with van der Waals surface area (Å²) in [5, 5.41) is 25.0. The van der Waals surface area contributed by atoms with E-state index in [4.69, 9.17) is 147 Å². The predicted molar refractivity (Wildman–Crippen MR) is 545 cm³/mol. The van der Waals surface area contributed by atoms with E-state index in [1.54, 1.807) is 14.2 Å². The average molecular weight is 2150 g/mol. The Labute approximate surface area is 887 Å². The largest absolute Gasteiger partial charge is 0.465 e. The summed E-state index contributed by atoms with van der Waals surface area (Å²) in [6, 6.07) is -5.49. The van der Waals surface area contributed by atoms with E-state index in [2.05, 4.69) is 42.0 Å². The van der Waals surface area contributed by atoms with E-state index in [0.717, 1.165) is 79.1 Å². The fraction of sp³-hybridized carbons (Fsp3) is 0.934. The second-order valence-electron chi connectivity index (χ2n) is 39.7. The van der Waals surface area contributed by atoms with Gasteiger partial charge in [-0.3, -0.25) is 19.2 Å². The van der Waals surface area contributed by atoms with E-state index in [1.807, 2.05) is 0 Å². The Hall–Kier alpha value is -4.87. The van der Waals surface area contributed by atoms with Crippen LogP contribution in [-0.2, 0) is 180 Å². The highest BCUT2D eigenvalue weighted by Crippen LogP contribution is 2.46. The molecule has 5 N–H and O–H groups in total. The molecule has 5 heterocycles. The lowest BCUT2D eigenvalue weighted by atomic mass is 9.86. The molecule has 5 aliphatic rings. The van der Waals surface area contributed by atoms with Crippen molar-refractivity contribution in [1.82, 2.24) is 21.3 Å². The number of amides is 4. The van der Waals surface area contributed by atoms with Crippen molar-refractivity contribution in [3.63, 3.8) is 0 Å². The summed E-state index contributed by atoms with van der Waals surface area (Å²) in [6.07, 6.45) is 3.64. The van der Waals surface area contributed by atoms with E-state index in [1.165, 1.54) is 256 Å². The molecule has 0 aromatic heterocycles. The number of unbranched alkanes of at least 4 members (excludes halogenated alkanes) is 25. The highest BCUT2D eigenvalue weighted by molar-refractivity contribution is 5.83. The van der Waals surface area contributed by atoms with E-state index in [0.29, 0.717) is 18.8 Å². The summed E-state index contributed by atoms with van der Waals surface area (Å²) in [7, 11) is 28.5. The quantitative estimate of drug-likeness (QED) is 0.0215. The molecule has 5 saturated heterocycles. The average Bonchev–Trinajstić information content (AvgIpc) is 0.750. The maximum absolute atomic E-state index is 15.6. The lowest BCUT2D eigenvalue weighted by Gasteiger charge is -2.53. The first-order valence-electron chi connectivity index (χ1n) is 53.9. The third-order valence-corrected chi connectivity index (χ3v) is 29.6. The van der Waals surface area contributed by atoms with Gasteiger partial charge in [-0.15, -0.1) is 0 Å². The Morgan fingerprint density at radius 3 is 1.21 bits per heavy atom. The zero-order chi connectivity index (χ0) is 110. The van der Waals surface area contributed by atoms with Crippen molar-refractivity contribution in [3.8, 4) is 0 Å². The lowest BCUT2D eigenvalue weighted by Crippen LogP contribution is -2.73. The Morgan fingerprint density at radius 1 is 0.389 bits per heavy atom. The minimum atomic E-state index is -2.93. The third kappa shape index (κ3) is 41.2. The molecule has 43 heteroatoms. The van der Waals surface area contributed by atoms with Crippen molar-refractivity contribution in [2.75, 3.05) is 196 Å². The first-order valence-corrected chi connectivity index (χ1v) is 53.9. The van der Waals surface area contributed by atoms with Crippen LogP contribution in [0.15, 0.2) is 0 Å². The third-order valence-electron chi connectivity index (χ3n) is 29.6. The number of hydrogen-bond acceptors (Lipinski definition) is 39. The van der Waals surface area contributed by atoms with Crippen LogP contribution in [0.4, 0.5) is 0 Å². The fourth-order valence-electron chi connectivity index (χ4n) is 21.2. The van der Waals surface area contributed by atoms with Gasteiger partial charge in [0.2, 0.25) is 23.6 Å². The molecule has 43 nitrogen and oxygen atoms in total. The maximum atomic E-state index is 15.6. The molecule has 0 aromatic carbocycles. The Morgan fingerprint density at radius 2 is 0.799 bits per heavy atom. The molecule has 5 rings (SSSR count). The highest BCUT2D eigenvalue weighted by atomic mass is 16.8. The van der Waals surface area contributed by atoms with Gasteiger partial charge in [0, 0.05) is 161 Å². The van der Waals surface area contributed by atoms with Crippen molar-refractivity contribution < 1.29 is 186 Å². The summed E-state index contributed by atoms with van der Waals surface area (Å²) in [4.78, 5) is 104. The number of aliphatic hydroxyl groups excluding tert-OH is 1. The molecule has 4 amide bonds. The molecule has 872 valence electrons. The molecular formula is C106H194N4O39. The van der Waals surface area contributed by atoms with Gasteiger partial charge in [-0.05, 0) is 18.8 Å². The van der Waals surface area contributed by atoms with Crippen molar-refractivity contribution in [3.05, 3.63) is 0 Å². The molecule has 0 aliphatic carbocycles. The van der Waals surface area contributed by atoms with Crippen LogP contribution in [0, 0.1) is 5.92 Å². The number of nitrogens with one attached hydrogen (secondary N) is 4. The van der Waals surface area contributed by atoms with Gasteiger partial charge in [0.05, 0.1) is 110 Å². The molecular weight excluding hydrogens is 1950 g/mol. The van der Waals surface area contributed by atoms with Gasteiger partial charge in [0.15, 0.2) is 12.6 Å². The van der Waals surface area contributed by atoms with E-state index >= 15 is 14.4 Å². The zero-order valence-corrected chi connectivity index (χ0v) is 94.7. The van der Waals surface area contributed by atoms with Crippen LogP contribution in [0.5, 0.6) is 0 Å². The fourth-order valence-corrected chi connectivity index (χ4v) is 21.2. The Balaban J connectivity index is 1.58. The molecule has 0 aromatic rings. The van der Waals surface area contributed by atoms with Crippen LogP contribution >= 0.6 is 0 Å². The minimum absolute atomic E-state index is 0.0754. The second kappa shape index (κ2) is 74.4. The van der Waals surface area contributed by atoms with Crippen LogP contribution < -0.4 is 21.3 Å². The Bertz CT molecular complexity index is 3600. The van der Waals surface area contributed by atoms with Crippen LogP contribution in [0.3, 0.4) is 0 Å². The molecule has 5 fully saturated rings. The molecule has 5 aliphatic heterocycles. The number of ether oxygens (including phenoxy) is 31. The topological polar surface area (TPSA) is 474 Å². The number of methoxy groups -OCH3 is 21. The molecule has 0 radical (unpaired) electrons. The number of aliphatic hydroxyl groups is 1. The number of carbonyl (C=O) groups excluding carboxylic acids is 7. The van der Waals surface area contributed by atoms with Gasteiger partial charge in [-0.25, -0.2) is 14.4 Å². The van der Waals surface area contributed by atoms with Gasteiger partial charge < -0.3 is 173 Å². The summed E-state index contributed by atoms with van der Waals surface area (Å²) in [6.45, 7) is 6.48. The number of carbonyl (C=O) groups is 7. The predicted octanol–water partition coefficient (Wildman–Crippen LogP) is 9.14. The van der Waals surface area contributed by atoms with Crippen molar-refractivity contribution in [2.24, 2.45) is 5.92 Å². The molecule has 1 unspecified atom stereocenters. The molecule has 0 bridgehead atoms. The van der Waals surface area contributed by atoms with Crippen LogP contribution in [0.1, 0.15) is 253 Å². The number of hydrogen-bond donors (Lipinski definition) is 5. The van der Waals surface area contributed by atoms with Crippen molar-refractivity contribution in [2.45, 2.75) is 441 Å². The van der Waals surface area contributed by atoms with Gasteiger partial charge >= 0.3 is 17.9 Å². The highest BCUT2D eigenvalue weighted by Gasteiger charge is 2.66. The van der Waals surface area contributed by atoms with E-state index in [9.17, 15) is 24.3 Å². The number of esters is 3. The van der Waals surface area contributed by atoms with Crippen molar-refractivity contribution >= 4 is 41.5 Å². The molecule has 0 saturated carbocycles. The molecule has 0 spiro atoms. The molecule has 32 atom stereocenters. The lowest BCUT2D eigenvalue weighted by molar-refractivity contribution is -0.368. The summed E-state index contributed by atoms with van der Waals surface area (Å²) in [5.41, 5.74) is 0. The normalized spacial score (nSPS) is 29.0. The first-order chi connectivity index (χ1) is 71.9. The van der Waals surface area contributed by atoms with Gasteiger partial charge in [-0.1, -0.05) is 207 Å². The number of rotatable bonds is 82. The van der Waals surface area contributed by atoms with Gasteiger partial charge in [0.1, 0.15) is 116 Å². The standard InChI is InChI=1S/C106H194N4O39/c1-27-29-30-31-32-33-34-35-36-37-38-39-40-41-42-43-44-47-51-54-57-74(123-10)98(115)109-71(86(128-15)73(122-9)56-53-50-48-45-46-49-52-55-68(3)28-2)61-140-100-97(136-23)95(134-21)91(133-20)81(145-100)66-142-105(102(117)138-25)60-76(85(108-70(5)112)94(148-105)89(131-18)79(126-13)64-121-8)146-106(103(118)139-26)58-72(113)83(92(149-106)87(129-16)77(124-11)62-119-6)110-82(114)67-143-104(101(116)137-24)59-75(144-99-96(135-22)90(132-19)80(127-14)65-141-99)84(107-69(4)111)93(147-104)88(130-17)78(125-12)63-120-7/h68,71-81,83-97,99-100,113H,27-67H2,1-26H3,(H,107,111)(H,108,112)(H,109,115)(H,110,114)/t68?,71-,72-,73+,74+,75-,76-,77+,78+,79+,80+,81+,83+,84+,85+,86-,87+,88+,89+,90+,91+,92+,93+,94+,95-,96-,97+,99-,100+,104+,105+,106+/m0/s1.